The van der Waals surface area contributed by atoms with Crippen molar-refractivity contribution >= 4 is 23.4 Å². The molecule has 0 aliphatic carbocycles. The zero-order valence-electron chi connectivity index (χ0n) is 16.8. The minimum atomic E-state index is -0.384. The van der Waals surface area contributed by atoms with Crippen LogP contribution in [0.25, 0.3) is 5.69 Å². The van der Waals surface area contributed by atoms with Crippen molar-refractivity contribution in [3.63, 3.8) is 0 Å². The Labute approximate surface area is 183 Å². The summed E-state index contributed by atoms with van der Waals surface area (Å²) in [4.78, 5) is 14.0. The molecule has 1 heterocycles. The van der Waals surface area contributed by atoms with Crippen molar-refractivity contribution in [1.82, 2.24) is 9.78 Å². The van der Waals surface area contributed by atoms with Gasteiger partial charge in [0.25, 0.3) is 5.91 Å². The number of nitrogens with zero attached hydrogens (tertiary/aromatic N) is 2. The lowest BCUT2D eigenvalue weighted by atomic mass is 10.2. The number of para-hydroxylation sites is 1. The zero-order chi connectivity index (χ0) is 21.6. The highest BCUT2D eigenvalue weighted by atomic mass is 32.2. The average Bonchev–Trinajstić information content (AvgIpc) is 3.23. The van der Waals surface area contributed by atoms with Gasteiger partial charge in [0.05, 0.1) is 17.6 Å². The molecule has 0 aliphatic rings. The van der Waals surface area contributed by atoms with Crippen LogP contribution in [0.3, 0.4) is 0 Å². The summed E-state index contributed by atoms with van der Waals surface area (Å²) in [6.45, 7) is 0.289. The third-order valence-corrected chi connectivity index (χ3v) is 5.38. The van der Waals surface area contributed by atoms with Gasteiger partial charge >= 0.3 is 0 Å². The predicted octanol–water partition coefficient (Wildman–Crippen LogP) is 5.56. The maximum atomic E-state index is 13.3. The molecule has 0 unspecified atom stereocenters. The normalized spacial score (nSPS) is 10.6. The van der Waals surface area contributed by atoms with Gasteiger partial charge in [-0.05, 0) is 48.2 Å². The Balaban J connectivity index is 1.64. The molecule has 0 aliphatic heterocycles. The fraction of sp³-hybridized carbons (Fsp3) is 0.0833. The summed E-state index contributed by atoms with van der Waals surface area (Å²) in [5, 5.41) is 7.34. The molecule has 0 spiro atoms. The molecule has 0 saturated heterocycles. The van der Waals surface area contributed by atoms with E-state index in [9.17, 15) is 9.18 Å². The van der Waals surface area contributed by atoms with E-state index >= 15 is 0 Å². The van der Waals surface area contributed by atoms with Crippen LogP contribution in [0, 0.1) is 5.82 Å². The molecule has 3 aromatic carbocycles. The lowest BCUT2D eigenvalue weighted by Crippen LogP contribution is -2.15. The molecule has 31 heavy (non-hydrogen) atoms. The molecule has 0 bridgehead atoms. The molecule has 1 amide bonds. The van der Waals surface area contributed by atoms with E-state index in [2.05, 4.69) is 10.4 Å². The summed E-state index contributed by atoms with van der Waals surface area (Å²) < 4.78 is 20.8. The van der Waals surface area contributed by atoms with Gasteiger partial charge in [-0.15, -0.1) is 11.8 Å². The van der Waals surface area contributed by atoms with Gasteiger partial charge in [-0.1, -0.05) is 42.5 Å². The lowest BCUT2D eigenvalue weighted by molar-refractivity contribution is 0.101. The first-order valence-corrected chi connectivity index (χ1v) is 10.8. The summed E-state index contributed by atoms with van der Waals surface area (Å²) in [6, 6.07) is 23.1. The molecule has 156 valence electrons. The van der Waals surface area contributed by atoms with Crippen molar-refractivity contribution in [2.45, 2.75) is 11.5 Å². The number of halogens is 1. The van der Waals surface area contributed by atoms with Crippen LogP contribution in [0.1, 0.15) is 16.1 Å². The fourth-order valence-electron chi connectivity index (χ4n) is 3.01. The average molecular weight is 434 g/mol. The molecule has 5 nitrogen and oxygen atoms in total. The minimum Gasteiger partial charge on any atom is -0.485 e. The second kappa shape index (κ2) is 9.49. The monoisotopic (exact) mass is 433 g/mol. The Morgan fingerprint density at radius 2 is 1.74 bits per heavy atom. The summed E-state index contributed by atoms with van der Waals surface area (Å²) >= 11 is 1.54. The first-order chi connectivity index (χ1) is 15.1. The van der Waals surface area contributed by atoms with Gasteiger partial charge in [0.2, 0.25) is 0 Å². The smallest absolute Gasteiger partial charge is 0.280 e. The van der Waals surface area contributed by atoms with Crippen LogP contribution in [-0.4, -0.2) is 21.9 Å². The zero-order valence-corrected chi connectivity index (χ0v) is 17.6. The minimum absolute atomic E-state index is 0.149. The Morgan fingerprint density at radius 1 is 1.03 bits per heavy atom. The van der Waals surface area contributed by atoms with Gasteiger partial charge in [-0.25, -0.2) is 9.07 Å². The Hall–Kier alpha value is -3.58. The van der Waals surface area contributed by atoms with Gasteiger partial charge in [-0.3, -0.25) is 4.79 Å². The van der Waals surface area contributed by atoms with Crippen molar-refractivity contribution in [3.05, 3.63) is 102 Å². The van der Waals surface area contributed by atoms with Crippen LogP contribution < -0.4 is 10.1 Å². The molecule has 0 atom stereocenters. The summed E-state index contributed by atoms with van der Waals surface area (Å²) in [6.07, 6.45) is 3.58. The van der Waals surface area contributed by atoms with E-state index in [0.29, 0.717) is 17.1 Å². The van der Waals surface area contributed by atoms with E-state index in [-0.39, 0.29) is 24.0 Å². The number of amides is 1. The molecule has 7 heteroatoms. The van der Waals surface area contributed by atoms with Crippen molar-refractivity contribution in [1.29, 1.82) is 0 Å². The predicted molar refractivity (Wildman–Crippen MR) is 120 cm³/mol. The first kappa shape index (κ1) is 20.7. The highest BCUT2D eigenvalue weighted by Gasteiger charge is 2.20. The van der Waals surface area contributed by atoms with E-state index in [0.717, 1.165) is 10.5 Å². The molecule has 1 aromatic heterocycles. The highest BCUT2D eigenvalue weighted by molar-refractivity contribution is 7.98. The number of carbonyl (C=O) groups is 1. The topological polar surface area (TPSA) is 56.2 Å². The number of aromatic nitrogens is 2. The second-order valence-corrected chi connectivity index (χ2v) is 7.54. The van der Waals surface area contributed by atoms with Crippen LogP contribution in [0.4, 0.5) is 10.1 Å². The molecular formula is C24H20FN3O2S. The number of rotatable bonds is 7. The number of thioether (sulfide) groups is 1. The van der Waals surface area contributed by atoms with Crippen LogP contribution in [0.2, 0.25) is 0 Å². The SMILES string of the molecule is CSc1ccccc1NC(=O)c1nn(-c2ccc(F)cc2)cc1OCc1ccccc1. The molecule has 1 N–H and O–H groups in total. The summed E-state index contributed by atoms with van der Waals surface area (Å²) in [5.41, 5.74) is 2.44. The number of hydrogen-bond donors (Lipinski definition) is 1. The van der Waals surface area contributed by atoms with E-state index < -0.39 is 0 Å². The van der Waals surface area contributed by atoms with E-state index in [1.807, 2.05) is 60.9 Å². The van der Waals surface area contributed by atoms with Crippen molar-refractivity contribution < 1.29 is 13.9 Å². The third kappa shape index (κ3) is 4.95. The lowest BCUT2D eigenvalue weighted by Gasteiger charge is -2.09. The standard InChI is InChI=1S/C24H20FN3O2S/c1-31-22-10-6-5-9-20(22)26-24(29)23-21(30-16-17-7-3-2-4-8-17)15-28(27-23)19-13-11-18(25)12-14-19/h2-15H,16H2,1H3,(H,26,29). The molecule has 4 aromatic rings. The van der Waals surface area contributed by atoms with Crippen LogP contribution in [0.15, 0.2) is 90.0 Å². The summed E-state index contributed by atoms with van der Waals surface area (Å²) in [5.74, 6) is -0.388. The van der Waals surface area contributed by atoms with Crippen LogP contribution in [-0.2, 0) is 6.61 Å². The number of anilines is 1. The number of nitrogens with one attached hydrogen (secondary N) is 1. The van der Waals surface area contributed by atoms with Gasteiger partial charge in [0, 0.05) is 4.90 Å². The Kier molecular flexibility index (Phi) is 6.33. The molecular weight excluding hydrogens is 413 g/mol. The first-order valence-electron chi connectivity index (χ1n) is 9.61. The third-order valence-electron chi connectivity index (χ3n) is 4.58. The number of ether oxygens (including phenoxy) is 1. The molecule has 0 fully saturated rings. The number of carbonyl (C=O) groups excluding carboxylic acids is 1. The van der Waals surface area contributed by atoms with Gasteiger partial charge in [0.1, 0.15) is 12.4 Å². The number of benzene rings is 3. The number of hydrogen-bond acceptors (Lipinski definition) is 4. The van der Waals surface area contributed by atoms with Crippen LogP contribution >= 0.6 is 11.8 Å². The van der Waals surface area contributed by atoms with Gasteiger partial charge in [0.15, 0.2) is 11.4 Å². The van der Waals surface area contributed by atoms with Crippen molar-refractivity contribution in [3.8, 4) is 11.4 Å². The molecule has 0 radical (unpaired) electrons. The Bertz CT molecular complexity index is 1180. The second-order valence-electron chi connectivity index (χ2n) is 6.69. The highest BCUT2D eigenvalue weighted by Crippen LogP contribution is 2.27. The molecule has 4 rings (SSSR count). The van der Waals surface area contributed by atoms with E-state index in [4.69, 9.17) is 4.74 Å². The van der Waals surface area contributed by atoms with E-state index in [1.165, 1.54) is 16.8 Å². The van der Waals surface area contributed by atoms with Crippen molar-refractivity contribution in [2.24, 2.45) is 0 Å². The van der Waals surface area contributed by atoms with E-state index in [1.54, 1.807) is 30.1 Å². The molecule has 0 saturated carbocycles. The van der Waals surface area contributed by atoms with Gasteiger partial charge in [-0.2, -0.15) is 5.10 Å². The largest absolute Gasteiger partial charge is 0.485 e. The van der Waals surface area contributed by atoms with Gasteiger partial charge < -0.3 is 10.1 Å². The van der Waals surface area contributed by atoms with Crippen LogP contribution in [0.5, 0.6) is 5.75 Å². The van der Waals surface area contributed by atoms with Crippen molar-refractivity contribution in [2.75, 3.05) is 11.6 Å². The maximum absolute atomic E-state index is 13.3. The maximum Gasteiger partial charge on any atom is 0.280 e. The fourth-order valence-corrected chi connectivity index (χ4v) is 3.57. The summed E-state index contributed by atoms with van der Waals surface area (Å²) in [7, 11) is 0. The quantitative estimate of drug-likeness (QED) is 0.388. The Morgan fingerprint density at radius 3 is 2.48 bits per heavy atom.